The molecule has 0 spiro atoms. The lowest BCUT2D eigenvalue weighted by Crippen LogP contribution is -2.07. The number of fused-ring (bicyclic) bond motifs is 3. The molecule has 4 rings (SSSR count). The van der Waals surface area contributed by atoms with Gasteiger partial charge in [0, 0.05) is 29.1 Å². The van der Waals surface area contributed by atoms with Gasteiger partial charge < -0.3 is 8.95 Å². The lowest BCUT2D eigenvalue weighted by Gasteiger charge is -2.14. The molecule has 24 heavy (non-hydrogen) atoms. The minimum absolute atomic E-state index is 0.0247. The lowest BCUT2D eigenvalue weighted by molar-refractivity contribution is 0.591. The van der Waals surface area contributed by atoms with Crippen molar-refractivity contribution in [1.82, 2.24) is 9.38 Å². The standard InChI is InChI=1S/C19H19FN2OS/c1-12(24(2)23)13-6-8-14(9-7-13)15-11-22-18-5-3-4-17(18)21-19(22)10-16(15)20/h6-12H,3-5H2,1-2H3. The molecule has 0 saturated heterocycles. The number of aromatic nitrogens is 2. The molecule has 3 aromatic rings. The summed E-state index contributed by atoms with van der Waals surface area (Å²) in [6.07, 6.45) is 6.66. The number of rotatable bonds is 3. The molecule has 0 N–H and O–H groups in total. The van der Waals surface area contributed by atoms with Gasteiger partial charge in [0.25, 0.3) is 0 Å². The maximum absolute atomic E-state index is 14.6. The summed E-state index contributed by atoms with van der Waals surface area (Å²) in [5.41, 5.74) is 5.40. The van der Waals surface area contributed by atoms with Crippen molar-refractivity contribution in [1.29, 1.82) is 0 Å². The Morgan fingerprint density at radius 2 is 2.00 bits per heavy atom. The second kappa shape index (κ2) is 5.90. The number of hydrogen-bond acceptors (Lipinski definition) is 2. The monoisotopic (exact) mass is 342 g/mol. The first-order chi connectivity index (χ1) is 11.5. The zero-order valence-corrected chi connectivity index (χ0v) is 14.6. The van der Waals surface area contributed by atoms with Crippen LogP contribution in [0, 0.1) is 5.82 Å². The van der Waals surface area contributed by atoms with Crippen LogP contribution in [0.3, 0.4) is 0 Å². The third kappa shape index (κ3) is 2.52. The highest BCUT2D eigenvalue weighted by Crippen LogP contribution is 2.30. The van der Waals surface area contributed by atoms with Crippen molar-refractivity contribution in [2.75, 3.05) is 6.26 Å². The average molecular weight is 342 g/mol. The Kier molecular flexibility index (Phi) is 3.85. The third-order valence-electron chi connectivity index (χ3n) is 4.91. The largest absolute Gasteiger partial charge is 0.616 e. The van der Waals surface area contributed by atoms with Crippen LogP contribution in [0.4, 0.5) is 4.39 Å². The first-order valence-electron chi connectivity index (χ1n) is 8.16. The molecular weight excluding hydrogens is 323 g/mol. The number of pyridine rings is 1. The summed E-state index contributed by atoms with van der Waals surface area (Å²) in [4.78, 5) is 4.53. The summed E-state index contributed by atoms with van der Waals surface area (Å²) in [7, 11) is 0. The fourth-order valence-corrected chi connectivity index (χ4v) is 3.93. The number of halogens is 1. The summed E-state index contributed by atoms with van der Waals surface area (Å²) < 4.78 is 28.2. The van der Waals surface area contributed by atoms with E-state index in [-0.39, 0.29) is 11.1 Å². The molecule has 0 amide bonds. The highest BCUT2D eigenvalue weighted by molar-refractivity contribution is 7.90. The van der Waals surface area contributed by atoms with Crippen LogP contribution < -0.4 is 0 Å². The minimum Gasteiger partial charge on any atom is -0.616 e. The predicted octanol–water partition coefficient (Wildman–Crippen LogP) is 4.07. The summed E-state index contributed by atoms with van der Waals surface area (Å²) >= 11 is -0.916. The van der Waals surface area contributed by atoms with Gasteiger partial charge in [-0.25, -0.2) is 9.37 Å². The van der Waals surface area contributed by atoms with Crippen LogP contribution in [0.15, 0.2) is 36.5 Å². The first kappa shape index (κ1) is 15.7. The van der Waals surface area contributed by atoms with E-state index in [1.807, 2.05) is 41.8 Å². The summed E-state index contributed by atoms with van der Waals surface area (Å²) in [5, 5.41) is -0.0247. The first-order valence-corrected chi connectivity index (χ1v) is 9.78. The van der Waals surface area contributed by atoms with Gasteiger partial charge in [0.1, 0.15) is 16.7 Å². The van der Waals surface area contributed by atoms with Crippen LogP contribution in [0.5, 0.6) is 0 Å². The molecule has 2 unspecified atom stereocenters. The van der Waals surface area contributed by atoms with Gasteiger partial charge in [-0.15, -0.1) is 0 Å². The van der Waals surface area contributed by atoms with Gasteiger partial charge in [-0.1, -0.05) is 24.3 Å². The van der Waals surface area contributed by atoms with Gasteiger partial charge in [-0.3, -0.25) is 0 Å². The van der Waals surface area contributed by atoms with E-state index < -0.39 is 11.2 Å². The number of hydrogen-bond donors (Lipinski definition) is 0. The van der Waals surface area contributed by atoms with E-state index in [4.69, 9.17) is 0 Å². The Labute approximate surface area is 143 Å². The van der Waals surface area contributed by atoms with Gasteiger partial charge in [0.05, 0.1) is 11.9 Å². The third-order valence-corrected chi connectivity index (χ3v) is 6.18. The highest BCUT2D eigenvalue weighted by Gasteiger charge is 2.20. The van der Waals surface area contributed by atoms with E-state index in [0.29, 0.717) is 11.2 Å². The van der Waals surface area contributed by atoms with Crippen molar-refractivity contribution >= 4 is 16.8 Å². The Hall–Kier alpha value is -1.85. The van der Waals surface area contributed by atoms with Crippen molar-refractivity contribution in [2.24, 2.45) is 0 Å². The molecule has 5 heteroatoms. The molecule has 0 radical (unpaired) electrons. The molecule has 0 saturated carbocycles. The molecule has 2 aromatic heterocycles. The fraction of sp³-hybridized carbons (Fsp3) is 0.316. The molecule has 0 fully saturated rings. The van der Waals surface area contributed by atoms with Gasteiger partial charge in [-0.2, -0.15) is 0 Å². The van der Waals surface area contributed by atoms with Crippen molar-refractivity contribution in [3.8, 4) is 11.1 Å². The van der Waals surface area contributed by atoms with E-state index in [0.717, 1.165) is 36.1 Å². The predicted molar refractivity (Wildman–Crippen MR) is 95.1 cm³/mol. The van der Waals surface area contributed by atoms with Gasteiger partial charge in [0.15, 0.2) is 0 Å². The summed E-state index contributed by atoms with van der Waals surface area (Å²) in [5.74, 6) is -0.258. The zero-order valence-electron chi connectivity index (χ0n) is 13.8. The number of aryl methyl sites for hydroxylation is 2. The Morgan fingerprint density at radius 1 is 1.25 bits per heavy atom. The maximum Gasteiger partial charge on any atom is 0.140 e. The SMILES string of the molecule is CC(c1ccc(-c2cn3c4c(nc3cc2F)CCC4)cc1)[S+](C)[O-]. The van der Waals surface area contributed by atoms with E-state index >= 15 is 0 Å². The van der Waals surface area contributed by atoms with Crippen molar-refractivity contribution in [3.63, 3.8) is 0 Å². The topological polar surface area (TPSA) is 40.4 Å². The normalized spacial score (nSPS) is 16.3. The van der Waals surface area contributed by atoms with Crippen LogP contribution in [-0.4, -0.2) is 20.2 Å². The second-order valence-electron chi connectivity index (χ2n) is 6.38. The lowest BCUT2D eigenvalue weighted by atomic mass is 10.0. The number of imidazole rings is 1. The van der Waals surface area contributed by atoms with E-state index in [9.17, 15) is 8.94 Å². The molecular formula is C19H19FN2OS. The van der Waals surface area contributed by atoms with Crippen LogP contribution in [0.2, 0.25) is 0 Å². The van der Waals surface area contributed by atoms with Gasteiger partial charge in [-0.05, 0) is 42.9 Å². The molecule has 1 aromatic carbocycles. The number of nitrogens with zero attached hydrogens (tertiary/aromatic N) is 2. The van der Waals surface area contributed by atoms with Gasteiger partial charge >= 0.3 is 0 Å². The van der Waals surface area contributed by atoms with E-state index in [1.54, 1.807) is 6.26 Å². The van der Waals surface area contributed by atoms with E-state index in [2.05, 4.69) is 4.98 Å². The van der Waals surface area contributed by atoms with Crippen LogP contribution in [-0.2, 0) is 24.0 Å². The minimum atomic E-state index is -0.916. The van der Waals surface area contributed by atoms with E-state index in [1.165, 1.54) is 11.8 Å². The Morgan fingerprint density at radius 3 is 2.71 bits per heavy atom. The van der Waals surface area contributed by atoms with Crippen molar-refractivity contribution in [3.05, 3.63) is 59.3 Å². The fourth-order valence-electron chi connectivity index (χ4n) is 3.39. The molecule has 2 atom stereocenters. The molecule has 1 aliphatic rings. The Balaban J connectivity index is 1.77. The smallest absolute Gasteiger partial charge is 0.140 e. The Bertz CT molecular complexity index is 902. The summed E-state index contributed by atoms with van der Waals surface area (Å²) in [6.45, 7) is 1.94. The maximum atomic E-state index is 14.6. The number of benzene rings is 1. The van der Waals surface area contributed by atoms with Crippen LogP contribution >= 0.6 is 0 Å². The molecule has 0 aliphatic heterocycles. The average Bonchev–Trinajstić information content (AvgIpc) is 3.14. The molecule has 124 valence electrons. The van der Waals surface area contributed by atoms with Gasteiger partial charge in [0.2, 0.25) is 0 Å². The molecule has 3 nitrogen and oxygen atoms in total. The molecule has 0 bridgehead atoms. The highest BCUT2D eigenvalue weighted by atomic mass is 32.2. The zero-order chi connectivity index (χ0) is 16.8. The second-order valence-corrected chi connectivity index (χ2v) is 8.09. The van der Waals surface area contributed by atoms with Crippen molar-refractivity contribution in [2.45, 2.75) is 31.4 Å². The summed E-state index contributed by atoms with van der Waals surface area (Å²) in [6, 6.07) is 9.19. The van der Waals surface area contributed by atoms with Crippen molar-refractivity contribution < 1.29 is 8.94 Å². The van der Waals surface area contributed by atoms with Crippen LogP contribution in [0.1, 0.15) is 35.5 Å². The van der Waals surface area contributed by atoms with Crippen LogP contribution in [0.25, 0.3) is 16.8 Å². The molecule has 2 heterocycles. The molecule has 1 aliphatic carbocycles. The quantitative estimate of drug-likeness (QED) is 0.673.